The Kier molecular flexibility index (Phi) is 3.33. The van der Waals surface area contributed by atoms with Gasteiger partial charge in [0.25, 0.3) is 5.91 Å². The van der Waals surface area contributed by atoms with Crippen LogP contribution in [0, 0.1) is 5.95 Å². The summed E-state index contributed by atoms with van der Waals surface area (Å²) < 4.78 is 12.5. The Hall–Kier alpha value is -1.49. The standard InChI is InChI=1S/C8H10FN3O/c9-7-3-1-2-6(12-7)8(13)11-5-4-10/h1-3H,4-5,10H2,(H,11,13). The summed E-state index contributed by atoms with van der Waals surface area (Å²) in [4.78, 5) is 14.6. The molecular formula is C8H10FN3O. The van der Waals surface area contributed by atoms with E-state index in [1.165, 1.54) is 18.2 Å². The molecule has 0 radical (unpaired) electrons. The Morgan fingerprint density at radius 2 is 2.38 bits per heavy atom. The normalized spacial score (nSPS) is 9.69. The highest BCUT2D eigenvalue weighted by Crippen LogP contribution is 1.96. The lowest BCUT2D eigenvalue weighted by atomic mass is 10.3. The van der Waals surface area contributed by atoms with E-state index < -0.39 is 11.9 Å². The molecule has 0 aliphatic rings. The highest BCUT2D eigenvalue weighted by atomic mass is 19.1. The van der Waals surface area contributed by atoms with Crippen molar-refractivity contribution in [2.75, 3.05) is 13.1 Å². The molecular weight excluding hydrogens is 173 g/mol. The van der Waals surface area contributed by atoms with E-state index in [-0.39, 0.29) is 5.69 Å². The van der Waals surface area contributed by atoms with Gasteiger partial charge in [-0.1, -0.05) is 6.07 Å². The number of carbonyl (C=O) groups is 1. The summed E-state index contributed by atoms with van der Waals surface area (Å²) in [5.41, 5.74) is 5.24. The van der Waals surface area contributed by atoms with E-state index in [1.54, 1.807) is 0 Å². The predicted octanol–water partition coefficient (Wildman–Crippen LogP) is -0.0908. The Labute approximate surface area is 75.0 Å². The molecule has 0 bridgehead atoms. The molecule has 0 spiro atoms. The topological polar surface area (TPSA) is 68.0 Å². The maximum Gasteiger partial charge on any atom is 0.270 e. The highest BCUT2D eigenvalue weighted by molar-refractivity contribution is 5.92. The number of hydrogen-bond acceptors (Lipinski definition) is 3. The van der Waals surface area contributed by atoms with Gasteiger partial charge in [-0.3, -0.25) is 4.79 Å². The van der Waals surface area contributed by atoms with Crippen molar-refractivity contribution in [3.8, 4) is 0 Å². The molecule has 3 N–H and O–H groups in total. The number of aromatic nitrogens is 1. The maximum atomic E-state index is 12.5. The van der Waals surface area contributed by atoms with Crippen LogP contribution in [0.4, 0.5) is 4.39 Å². The molecule has 0 aromatic carbocycles. The minimum atomic E-state index is -0.666. The Morgan fingerprint density at radius 3 is 3.00 bits per heavy atom. The zero-order valence-electron chi connectivity index (χ0n) is 6.96. The van der Waals surface area contributed by atoms with E-state index in [0.29, 0.717) is 13.1 Å². The number of amides is 1. The lowest BCUT2D eigenvalue weighted by Crippen LogP contribution is -2.29. The summed E-state index contributed by atoms with van der Waals surface area (Å²) >= 11 is 0. The summed E-state index contributed by atoms with van der Waals surface area (Å²) in [5, 5.41) is 2.48. The van der Waals surface area contributed by atoms with Crippen LogP contribution >= 0.6 is 0 Å². The van der Waals surface area contributed by atoms with Gasteiger partial charge in [0.15, 0.2) is 0 Å². The second-order valence-corrected chi connectivity index (χ2v) is 2.39. The molecule has 0 aliphatic heterocycles. The average molecular weight is 183 g/mol. The number of pyridine rings is 1. The van der Waals surface area contributed by atoms with E-state index in [4.69, 9.17) is 5.73 Å². The van der Waals surface area contributed by atoms with Crippen molar-refractivity contribution in [2.24, 2.45) is 5.73 Å². The second-order valence-electron chi connectivity index (χ2n) is 2.39. The van der Waals surface area contributed by atoms with Gasteiger partial charge in [0, 0.05) is 13.1 Å². The van der Waals surface area contributed by atoms with Crippen LogP contribution in [0.25, 0.3) is 0 Å². The van der Waals surface area contributed by atoms with Gasteiger partial charge >= 0.3 is 0 Å². The van der Waals surface area contributed by atoms with Gasteiger partial charge in [-0.2, -0.15) is 4.39 Å². The summed E-state index contributed by atoms with van der Waals surface area (Å²) in [5.74, 6) is -1.08. The quantitative estimate of drug-likeness (QED) is 0.643. The summed E-state index contributed by atoms with van der Waals surface area (Å²) in [6.07, 6.45) is 0. The molecule has 1 rings (SSSR count). The molecule has 70 valence electrons. The molecule has 0 saturated carbocycles. The van der Waals surface area contributed by atoms with Crippen molar-refractivity contribution in [1.82, 2.24) is 10.3 Å². The number of nitrogens with two attached hydrogens (primary N) is 1. The molecule has 1 heterocycles. The molecule has 1 aromatic heterocycles. The lowest BCUT2D eigenvalue weighted by molar-refractivity contribution is 0.0948. The third-order valence-corrected chi connectivity index (χ3v) is 1.38. The fraction of sp³-hybridized carbons (Fsp3) is 0.250. The molecule has 13 heavy (non-hydrogen) atoms. The highest BCUT2D eigenvalue weighted by Gasteiger charge is 2.05. The fourth-order valence-electron chi connectivity index (χ4n) is 0.811. The van der Waals surface area contributed by atoms with Crippen molar-refractivity contribution >= 4 is 5.91 Å². The number of halogens is 1. The van der Waals surface area contributed by atoms with Gasteiger partial charge in [0.2, 0.25) is 5.95 Å². The van der Waals surface area contributed by atoms with Gasteiger partial charge in [0.05, 0.1) is 0 Å². The molecule has 0 atom stereocenters. The molecule has 1 aromatic rings. The predicted molar refractivity (Wildman–Crippen MR) is 45.6 cm³/mol. The molecule has 0 aliphatic carbocycles. The molecule has 1 amide bonds. The van der Waals surface area contributed by atoms with Crippen LogP contribution < -0.4 is 11.1 Å². The van der Waals surface area contributed by atoms with E-state index in [0.717, 1.165) is 0 Å². The Bertz CT molecular complexity index is 303. The van der Waals surface area contributed by atoms with Gasteiger partial charge < -0.3 is 11.1 Å². The van der Waals surface area contributed by atoms with Gasteiger partial charge in [0.1, 0.15) is 5.69 Å². The molecule has 0 unspecified atom stereocenters. The van der Waals surface area contributed by atoms with Crippen LogP contribution in [0.5, 0.6) is 0 Å². The third kappa shape index (κ3) is 2.79. The average Bonchev–Trinajstić information content (AvgIpc) is 2.14. The first-order chi connectivity index (χ1) is 6.24. The number of nitrogens with one attached hydrogen (secondary N) is 1. The van der Waals surface area contributed by atoms with Crippen molar-refractivity contribution in [2.45, 2.75) is 0 Å². The van der Waals surface area contributed by atoms with Crippen LogP contribution in [-0.2, 0) is 0 Å². The van der Waals surface area contributed by atoms with E-state index in [1.807, 2.05) is 0 Å². The van der Waals surface area contributed by atoms with Crippen LogP contribution in [-0.4, -0.2) is 24.0 Å². The van der Waals surface area contributed by atoms with E-state index in [9.17, 15) is 9.18 Å². The summed E-state index contributed by atoms with van der Waals surface area (Å²) in [6.45, 7) is 0.706. The van der Waals surface area contributed by atoms with Crippen LogP contribution in [0.2, 0.25) is 0 Å². The SMILES string of the molecule is NCCNC(=O)c1cccc(F)n1. The zero-order chi connectivity index (χ0) is 9.68. The van der Waals surface area contributed by atoms with E-state index in [2.05, 4.69) is 10.3 Å². The van der Waals surface area contributed by atoms with Gasteiger partial charge in [-0.15, -0.1) is 0 Å². The smallest absolute Gasteiger partial charge is 0.270 e. The number of hydrogen-bond donors (Lipinski definition) is 2. The summed E-state index contributed by atoms with van der Waals surface area (Å²) in [7, 11) is 0. The Balaban J connectivity index is 2.66. The Morgan fingerprint density at radius 1 is 1.62 bits per heavy atom. The van der Waals surface area contributed by atoms with Crippen LogP contribution in [0.1, 0.15) is 10.5 Å². The first-order valence-corrected chi connectivity index (χ1v) is 3.85. The minimum absolute atomic E-state index is 0.0634. The van der Waals surface area contributed by atoms with Crippen LogP contribution in [0.15, 0.2) is 18.2 Å². The lowest BCUT2D eigenvalue weighted by Gasteiger charge is -2.01. The van der Waals surface area contributed by atoms with Crippen molar-refractivity contribution in [3.63, 3.8) is 0 Å². The summed E-state index contributed by atoms with van der Waals surface area (Å²) in [6, 6.07) is 4.05. The largest absolute Gasteiger partial charge is 0.349 e. The number of rotatable bonds is 3. The minimum Gasteiger partial charge on any atom is -0.349 e. The maximum absolute atomic E-state index is 12.5. The first kappa shape index (κ1) is 9.60. The molecule has 0 saturated heterocycles. The van der Waals surface area contributed by atoms with E-state index >= 15 is 0 Å². The third-order valence-electron chi connectivity index (χ3n) is 1.38. The fourth-order valence-corrected chi connectivity index (χ4v) is 0.811. The molecule has 4 nitrogen and oxygen atoms in total. The van der Waals surface area contributed by atoms with Crippen molar-refractivity contribution in [1.29, 1.82) is 0 Å². The molecule has 0 fully saturated rings. The first-order valence-electron chi connectivity index (χ1n) is 3.85. The second kappa shape index (κ2) is 4.51. The number of nitrogens with zero attached hydrogens (tertiary/aromatic N) is 1. The molecule has 5 heteroatoms. The van der Waals surface area contributed by atoms with Gasteiger partial charge in [-0.25, -0.2) is 4.98 Å². The monoisotopic (exact) mass is 183 g/mol. The van der Waals surface area contributed by atoms with Crippen LogP contribution in [0.3, 0.4) is 0 Å². The number of carbonyl (C=O) groups excluding carboxylic acids is 1. The zero-order valence-corrected chi connectivity index (χ0v) is 6.96. The van der Waals surface area contributed by atoms with Crippen molar-refractivity contribution < 1.29 is 9.18 Å². The van der Waals surface area contributed by atoms with Gasteiger partial charge in [-0.05, 0) is 12.1 Å². The van der Waals surface area contributed by atoms with Crippen molar-refractivity contribution in [3.05, 3.63) is 29.8 Å².